The number of methoxy groups -OCH3 is 1. The monoisotopic (exact) mass is 459 g/mol. The molecule has 2 aliphatic carbocycles. The molecule has 0 aromatic carbocycles. The van der Waals surface area contributed by atoms with Crippen LogP contribution in [0.5, 0.6) is 6.01 Å². The lowest BCUT2D eigenvalue weighted by atomic mass is 9.90. The largest absolute Gasteiger partial charge is 0.467 e. The van der Waals surface area contributed by atoms with Crippen molar-refractivity contribution in [3.05, 3.63) is 24.8 Å². The van der Waals surface area contributed by atoms with Crippen LogP contribution in [0, 0.1) is 0 Å². The zero-order valence-corrected chi connectivity index (χ0v) is 18.2. The number of rotatable bonds is 7. The Kier molecular flexibility index (Phi) is 6.52. The van der Waals surface area contributed by atoms with Crippen molar-refractivity contribution in [3.8, 4) is 17.3 Å². The summed E-state index contributed by atoms with van der Waals surface area (Å²) in [4.78, 5) is 42.4. The minimum absolute atomic E-state index is 0.0487. The second-order valence-corrected chi connectivity index (χ2v) is 8.35. The van der Waals surface area contributed by atoms with Gasteiger partial charge in [0, 0.05) is 30.0 Å². The summed E-state index contributed by atoms with van der Waals surface area (Å²) in [6, 6.07) is -0.576. The summed E-state index contributed by atoms with van der Waals surface area (Å²) in [6.45, 7) is -0.0487. The third kappa shape index (κ3) is 5.62. The van der Waals surface area contributed by atoms with Crippen molar-refractivity contribution in [1.82, 2.24) is 30.6 Å². The number of carbonyl (C=O) groups is 2. The van der Waals surface area contributed by atoms with E-state index in [9.17, 15) is 14.0 Å². The van der Waals surface area contributed by atoms with Crippen LogP contribution in [-0.4, -0.2) is 68.6 Å². The molecular formula is C21H26FN7O4. The molecule has 0 atom stereocenters. The Morgan fingerprint density at radius 2 is 1.82 bits per heavy atom. The van der Waals surface area contributed by atoms with Gasteiger partial charge in [0.05, 0.1) is 31.7 Å². The SMILES string of the molecule is COc1ncc(-c2cnc(N(C(=O)NCC3(F)CC3)C3CCC(NC(=O)O)CC3)cn2)cn1. The molecule has 2 aromatic heterocycles. The summed E-state index contributed by atoms with van der Waals surface area (Å²) < 4.78 is 19.0. The minimum atomic E-state index is -1.33. The fourth-order valence-electron chi connectivity index (χ4n) is 3.89. The quantitative estimate of drug-likeness (QED) is 0.573. The average molecular weight is 459 g/mol. The van der Waals surface area contributed by atoms with Crippen LogP contribution in [0.4, 0.5) is 19.8 Å². The summed E-state index contributed by atoms with van der Waals surface area (Å²) in [5.41, 5.74) is -0.162. The third-order valence-corrected chi connectivity index (χ3v) is 5.95. The predicted octanol–water partition coefficient (Wildman–Crippen LogP) is 2.54. The van der Waals surface area contributed by atoms with E-state index in [0.717, 1.165) is 0 Å². The molecule has 2 heterocycles. The average Bonchev–Trinajstić information content (AvgIpc) is 3.57. The van der Waals surface area contributed by atoms with E-state index in [0.29, 0.717) is 55.6 Å². The van der Waals surface area contributed by atoms with Crippen molar-refractivity contribution in [2.45, 2.75) is 56.3 Å². The molecule has 0 radical (unpaired) electrons. The van der Waals surface area contributed by atoms with Crippen molar-refractivity contribution >= 4 is 17.9 Å². The Balaban J connectivity index is 1.50. The lowest BCUT2D eigenvalue weighted by Gasteiger charge is -2.36. The zero-order valence-electron chi connectivity index (χ0n) is 18.2. The number of aromatic nitrogens is 4. The molecule has 2 aliphatic rings. The van der Waals surface area contributed by atoms with Crippen LogP contribution < -0.4 is 20.3 Å². The molecule has 3 N–H and O–H groups in total. The Bertz CT molecular complexity index is 977. The van der Waals surface area contributed by atoms with Gasteiger partial charge in [0.1, 0.15) is 5.67 Å². The van der Waals surface area contributed by atoms with Gasteiger partial charge in [-0.2, -0.15) is 0 Å². The number of carboxylic acid groups (broad SMARTS) is 1. The lowest BCUT2D eigenvalue weighted by Crippen LogP contribution is -2.51. The molecule has 2 saturated carbocycles. The minimum Gasteiger partial charge on any atom is -0.467 e. The highest BCUT2D eigenvalue weighted by Gasteiger charge is 2.44. The highest BCUT2D eigenvalue weighted by atomic mass is 19.1. The Morgan fingerprint density at radius 3 is 2.36 bits per heavy atom. The molecule has 176 valence electrons. The second kappa shape index (κ2) is 9.51. The normalized spacial score (nSPS) is 21.0. The molecule has 0 aliphatic heterocycles. The standard InChI is InChI=1S/C21H26FN7O4/c1-33-18-25-8-13(9-26-18)16-10-24-17(11-23-16)29(19(30)27-12-21(22)6-7-21)15-4-2-14(3-5-15)28-20(31)32/h8-11,14-15,28H,2-7,12H2,1H3,(H,27,30)(H,31,32). The molecule has 0 unspecified atom stereocenters. The van der Waals surface area contributed by atoms with Crippen molar-refractivity contribution < 1.29 is 23.8 Å². The fourth-order valence-corrected chi connectivity index (χ4v) is 3.89. The first-order chi connectivity index (χ1) is 15.9. The van der Waals surface area contributed by atoms with E-state index in [2.05, 4.69) is 30.6 Å². The van der Waals surface area contributed by atoms with E-state index in [1.165, 1.54) is 24.4 Å². The topological polar surface area (TPSA) is 142 Å². The van der Waals surface area contributed by atoms with Crippen molar-refractivity contribution in [2.75, 3.05) is 18.6 Å². The van der Waals surface area contributed by atoms with Crippen LogP contribution in [0.15, 0.2) is 24.8 Å². The molecule has 0 spiro atoms. The van der Waals surface area contributed by atoms with E-state index in [4.69, 9.17) is 9.84 Å². The molecule has 4 rings (SSSR count). The number of anilines is 1. The molecule has 3 amide bonds. The molecule has 2 aromatic rings. The van der Waals surface area contributed by atoms with Crippen molar-refractivity contribution in [1.29, 1.82) is 0 Å². The number of alkyl halides is 1. The number of hydrogen-bond acceptors (Lipinski definition) is 7. The van der Waals surface area contributed by atoms with Crippen LogP contribution in [0.3, 0.4) is 0 Å². The maximum absolute atomic E-state index is 14.1. The van der Waals surface area contributed by atoms with Crippen molar-refractivity contribution in [2.24, 2.45) is 0 Å². The number of halogens is 1. The van der Waals surface area contributed by atoms with Crippen LogP contribution >= 0.6 is 0 Å². The van der Waals surface area contributed by atoms with E-state index in [-0.39, 0.29) is 24.6 Å². The van der Waals surface area contributed by atoms with Gasteiger partial charge in [-0.25, -0.2) is 28.9 Å². The molecule has 12 heteroatoms. The smallest absolute Gasteiger partial charge is 0.404 e. The third-order valence-electron chi connectivity index (χ3n) is 5.95. The van der Waals surface area contributed by atoms with E-state index >= 15 is 0 Å². The summed E-state index contributed by atoms with van der Waals surface area (Å²) >= 11 is 0. The second-order valence-electron chi connectivity index (χ2n) is 8.35. The maximum atomic E-state index is 14.1. The number of carbonyl (C=O) groups excluding carboxylic acids is 1. The first kappa shape index (κ1) is 22.6. The molecule has 11 nitrogen and oxygen atoms in total. The molecular weight excluding hydrogens is 433 g/mol. The number of hydrogen-bond donors (Lipinski definition) is 3. The number of nitrogens with one attached hydrogen (secondary N) is 2. The molecule has 0 saturated heterocycles. The predicted molar refractivity (Wildman–Crippen MR) is 116 cm³/mol. The van der Waals surface area contributed by atoms with E-state index in [1.54, 1.807) is 12.4 Å². The van der Waals surface area contributed by atoms with Gasteiger partial charge in [-0.3, -0.25) is 9.88 Å². The van der Waals surface area contributed by atoms with Gasteiger partial charge >= 0.3 is 18.1 Å². The molecule has 33 heavy (non-hydrogen) atoms. The van der Waals surface area contributed by atoms with E-state index in [1.807, 2.05) is 0 Å². The van der Waals surface area contributed by atoms with Crippen LogP contribution in [-0.2, 0) is 0 Å². The van der Waals surface area contributed by atoms with Gasteiger partial charge in [0.15, 0.2) is 5.82 Å². The Labute approximate surface area is 189 Å². The summed E-state index contributed by atoms with van der Waals surface area (Å²) in [7, 11) is 1.47. The van der Waals surface area contributed by atoms with Gasteiger partial charge in [-0.05, 0) is 38.5 Å². The highest BCUT2D eigenvalue weighted by molar-refractivity contribution is 5.91. The number of urea groups is 1. The van der Waals surface area contributed by atoms with Gasteiger partial charge < -0.3 is 20.5 Å². The first-order valence-electron chi connectivity index (χ1n) is 10.8. The van der Waals surface area contributed by atoms with Gasteiger partial charge in [0.2, 0.25) is 0 Å². The van der Waals surface area contributed by atoms with Crippen molar-refractivity contribution in [3.63, 3.8) is 0 Å². The van der Waals surface area contributed by atoms with Gasteiger partial charge in [-0.1, -0.05) is 0 Å². The Morgan fingerprint density at radius 1 is 1.12 bits per heavy atom. The lowest BCUT2D eigenvalue weighted by molar-refractivity contribution is 0.184. The summed E-state index contributed by atoms with van der Waals surface area (Å²) in [5.74, 6) is 0.337. The number of amides is 3. The number of nitrogens with zero attached hydrogens (tertiary/aromatic N) is 5. The van der Waals surface area contributed by atoms with Crippen LogP contribution in [0.1, 0.15) is 38.5 Å². The van der Waals surface area contributed by atoms with E-state index < -0.39 is 17.8 Å². The van der Waals surface area contributed by atoms with Crippen LogP contribution in [0.2, 0.25) is 0 Å². The Hall–Kier alpha value is -3.57. The maximum Gasteiger partial charge on any atom is 0.404 e. The van der Waals surface area contributed by atoms with Gasteiger partial charge in [-0.15, -0.1) is 0 Å². The summed E-state index contributed by atoms with van der Waals surface area (Å²) in [5, 5.41) is 14.1. The summed E-state index contributed by atoms with van der Waals surface area (Å²) in [6.07, 6.45) is 8.29. The van der Waals surface area contributed by atoms with Gasteiger partial charge in [0.25, 0.3) is 0 Å². The number of ether oxygens (including phenoxy) is 1. The first-order valence-corrected chi connectivity index (χ1v) is 10.8. The van der Waals surface area contributed by atoms with Crippen LogP contribution in [0.25, 0.3) is 11.3 Å². The fraction of sp³-hybridized carbons (Fsp3) is 0.524. The molecule has 0 bridgehead atoms. The molecule has 2 fully saturated rings. The highest BCUT2D eigenvalue weighted by Crippen LogP contribution is 2.39. The zero-order chi connectivity index (χ0) is 23.4.